The molecule has 17 heteroatoms. The number of nitrogens with one attached hydrogen (secondary N) is 1. The summed E-state index contributed by atoms with van der Waals surface area (Å²) in [4.78, 5) is 32.0. The summed E-state index contributed by atoms with van der Waals surface area (Å²) in [5, 5.41) is 10.5. The molecule has 1 fully saturated rings. The molecule has 242 valence electrons. The number of aliphatic imine (C=N–C) groups is 1. The molecule has 1 aliphatic heterocycles. The summed E-state index contributed by atoms with van der Waals surface area (Å²) < 4.78 is 65.4. The minimum absolute atomic E-state index is 0.0478. The Morgan fingerprint density at radius 2 is 1.73 bits per heavy atom. The Morgan fingerprint density at radius 1 is 1.11 bits per heavy atom. The van der Waals surface area contributed by atoms with Gasteiger partial charge >= 0.3 is 12.1 Å². The van der Waals surface area contributed by atoms with E-state index in [1.165, 1.54) is 22.7 Å². The number of hydrogen-bond acceptors (Lipinski definition) is 8. The molecule has 3 aromatic rings. The lowest BCUT2D eigenvalue weighted by molar-refractivity contribution is -0.192. The van der Waals surface area contributed by atoms with Gasteiger partial charge in [0.05, 0.1) is 23.1 Å². The van der Waals surface area contributed by atoms with E-state index in [-0.39, 0.29) is 45.0 Å². The van der Waals surface area contributed by atoms with Gasteiger partial charge in [-0.3, -0.25) is 9.79 Å². The van der Waals surface area contributed by atoms with Crippen molar-refractivity contribution in [3.8, 4) is 0 Å². The van der Waals surface area contributed by atoms with E-state index in [2.05, 4.69) is 15.3 Å². The van der Waals surface area contributed by atoms with Crippen LogP contribution in [0.5, 0.6) is 0 Å². The third-order valence-corrected chi connectivity index (χ3v) is 9.58. The summed E-state index contributed by atoms with van der Waals surface area (Å²) in [6.07, 6.45) is -1.73. The number of hydrogen-bond donors (Lipinski definition) is 2. The number of nitrogens with zero attached hydrogens (tertiary/aromatic N) is 4. The van der Waals surface area contributed by atoms with Gasteiger partial charge in [0.25, 0.3) is 5.91 Å². The summed E-state index contributed by atoms with van der Waals surface area (Å²) >= 11 is 12.4. The minimum Gasteiger partial charge on any atom is -0.475 e. The van der Waals surface area contributed by atoms with E-state index in [4.69, 9.17) is 37.5 Å². The van der Waals surface area contributed by atoms with Crippen LogP contribution in [0.2, 0.25) is 10.0 Å². The van der Waals surface area contributed by atoms with Crippen LogP contribution in [-0.2, 0) is 27.8 Å². The first-order valence-electron chi connectivity index (χ1n) is 13.5. The smallest absolute Gasteiger partial charge is 0.475 e. The zero-order valence-electron chi connectivity index (χ0n) is 23.7. The molecule has 2 N–H and O–H groups in total. The van der Waals surface area contributed by atoms with E-state index in [0.29, 0.717) is 25.8 Å². The highest BCUT2D eigenvalue weighted by Gasteiger charge is 2.41. The molecule has 2 heterocycles. The number of rotatable bonds is 10. The number of halogens is 5. The van der Waals surface area contributed by atoms with Crippen LogP contribution in [0.1, 0.15) is 40.3 Å². The van der Waals surface area contributed by atoms with Gasteiger partial charge in [0, 0.05) is 31.7 Å². The molecule has 45 heavy (non-hydrogen) atoms. The van der Waals surface area contributed by atoms with Gasteiger partial charge in [0.1, 0.15) is 17.0 Å². The monoisotopic (exact) mass is 689 g/mol. The summed E-state index contributed by atoms with van der Waals surface area (Å²) in [5.74, 6) is -2.03. The van der Waals surface area contributed by atoms with Crippen LogP contribution in [0.15, 0.2) is 63.0 Å². The number of likely N-dealkylation sites (N-methyl/N-ethyl adjacent to an activating group) is 1. The average molecular weight is 691 g/mol. The second-order valence-corrected chi connectivity index (χ2v) is 12.7. The van der Waals surface area contributed by atoms with E-state index in [0.717, 1.165) is 30.1 Å². The lowest BCUT2D eigenvalue weighted by Crippen LogP contribution is -2.33. The number of carboxylic acids is 1. The predicted octanol–water partition coefficient (Wildman–Crippen LogP) is 4.63. The normalized spacial score (nSPS) is 14.8. The summed E-state index contributed by atoms with van der Waals surface area (Å²) in [6, 6.07) is 12.5. The van der Waals surface area contributed by atoms with Crippen molar-refractivity contribution in [2.24, 2.45) is 4.99 Å². The average Bonchev–Trinajstić information content (AvgIpc) is 3.45. The highest BCUT2D eigenvalue weighted by Crippen LogP contribution is 2.38. The topological polar surface area (TPSA) is 145 Å². The molecule has 2 aliphatic rings. The molecule has 1 aromatic heterocycles. The molecular formula is C28H28Cl2F3N5O6S. The molecule has 2 aromatic carbocycles. The first kappa shape index (κ1) is 34.2. The Hall–Kier alpha value is -3.66. The Balaban J connectivity index is 0.000000591. The molecule has 11 nitrogen and oxygen atoms in total. The number of carbonyl (C=O) groups excluding carboxylic acids is 1. The van der Waals surface area contributed by atoms with Gasteiger partial charge < -0.3 is 19.7 Å². The maximum Gasteiger partial charge on any atom is 0.490 e. The van der Waals surface area contributed by atoms with Crippen LogP contribution in [0.4, 0.5) is 13.2 Å². The summed E-state index contributed by atoms with van der Waals surface area (Å²) in [5.41, 5.74) is 2.26. The van der Waals surface area contributed by atoms with Crippen molar-refractivity contribution >= 4 is 50.9 Å². The maximum atomic E-state index is 13.4. The number of aliphatic carboxylic acids is 1. The minimum atomic E-state index is -5.08. The number of aromatic nitrogens is 1. The van der Waals surface area contributed by atoms with Crippen LogP contribution in [0, 0.1) is 0 Å². The van der Waals surface area contributed by atoms with Gasteiger partial charge in [-0.1, -0.05) is 53.5 Å². The van der Waals surface area contributed by atoms with Crippen molar-refractivity contribution in [2.75, 3.05) is 26.7 Å². The number of oxazole rings is 1. The van der Waals surface area contributed by atoms with Crippen molar-refractivity contribution in [1.82, 2.24) is 19.5 Å². The lowest BCUT2D eigenvalue weighted by atomic mass is 10.1. The molecule has 1 aliphatic carbocycles. The molecule has 1 saturated carbocycles. The number of sulfonamides is 1. The van der Waals surface area contributed by atoms with Crippen molar-refractivity contribution in [2.45, 2.75) is 42.9 Å². The quantitative estimate of drug-likeness (QED) is 0.313. The van der Waals surface area contributed by atoms with Gasteiger partial charge in [-0.2, -0.15) is 17.5 Å². The lowest BCUT2D eigenvalue weighted by Gasteiger charge is -2.21. The first-order chi connectivity index (χ1) is 21.2. The standard InChI is InChI=1S/C26H27Cl2N5O4S.C2HF3O2/c1-32(14-11-17-5-7-18(8-6-17)25-29-12-13-30-25)26(34)22-16-37-23(31-22)15-33(19-9-10-19)38(35,36)24-20(27)3-2-4-21(24)28;3-2(4,5)1(6)7/h2-8,16,19H,9-15H2,1H3,(H,29,30);(H,6,7). The van der Waals surface area contributed by atoms with Gasteiger partial charge in [0.2, 0.25) is 15.9 Å². The van der Waals surface area contributed by atoms with E-state index < -0.39 is 22.2 Å². The number of alkyl halides is 3. The van der Waals surface area contributed by atoms with Crippen molar-refractivity contribution in [3.05, 3.63) is 81.5 Å². The second-order valence-electron chi connectivity index (χ2n) is 10.1. The molecule has 0 saturated heterocycles. The molecule has 0 radical (unpaired) electrons. The van der Waals surface area contributed by atoms with Crippen molar-refractivity contribution in [1.29, 1.82) is 0 Å². The largest absolute Gasteiger partial charge is 0.490 e. The van der Waals surface area contributed by atoms with Crippen LogP contribution in [0.25, 0.3) is 0 Å². The van der Waals surface area contributed by atoms with Crippen LogP contribution in [-0.4, -0.2) is 84.3 Å². The number of benzene rings is 2. The molecule has 0 bridgehead atoms. The fourth-order valence-corrected chi connectivity index (χ4v) is 6.98. The van der Waals surface area contributed by atoms with E-state index in [9.17, 15) is 26.4 Å². The van der Waals surface area contributed by atoms with Crippen molar-refractivity contribution in [3.63, 3.8) is 0 Å². The summed E-state index contributed by atoms with van der Waals surface area (Å²) in [6.45, 7) is 2.00. The third-order valence-electron chi connectivity index (χ3n) is 6.73. The van der Waals surface area contributed by atoms with E-state index in [1.54, 1.807) is 18.0 Å². The Morgan fingerprint density at radius 3 is 2.27 bits per heavy atom. The van der Waals surface area contributed by atoms with Crippen LogP contribution < -0.4 is 5.32 Å². The van der Waals surface area contributed by atoms with Gasteiger partial charge in [-0.05, 0) is 37.0 Å². The molecule has 0 spiro atoms. The first-order valence-corrected chi connectivity index (χ1v) is 15.7. The molecule has 5 rings (SSSR count). The molecular weight excluding hydrogens is 662 g/mol. The number of carbonyl (C=O) groups is 2. The zero-order valence-corrected chi connectivity index (χ0v) is 26.0. The van der Waals surface area contributed by atoms with Gasteiger partial charge in [0.15, 0.2) is 5.69 Å². The fourth-order valence-electron chi connectivity index (χ4n) is 4.25. The fraction of sp³-hybridized carbons (Fsp3) is 0.357. The molecule has 1 amide bonds. The van der Waals surface area contributed by atoms with E-state index in [1.807, 2.05) is 24.3 Å². The molecule has 0 atom stereocenters. The highest BCUT2D eigenvalue weighted by molar-refractivity contribution is 7.89. The Labute approximate surface area is 266 Å². The number of carboxylic acid groups (broad SMARTS) is 1. The number of amides is 1. The van der Waals surface area contributed by atoms with Crippen LogP contribution >= 0.6 is 23.2 Å². The highest BCUT2D eigenvalue weighted by atomic mass is 35.5. The van der Waals surface area contributed by atoms with Gasteiger partial charge in [-0.25, -0.2) is 18.2 Å². The molecule has 0 unspecified atom stereocenters. The zero-order chi connectivity index (χ0) is 32.9. The predicted molar refractivity (Wildman–Crippen MR) is 159 cm³/mol. The van der Waals surface area contributed by atoms with Crippen molar-refractivity contribution < 1.29 is 40.7 Å². The summed E-state index contributed by atoms with van der Waals surface area (Å²) in [7, 11) is -2.31. The third kappa shape index (κ3) is 8.75. The number of amidine groups is 1. The Kier molecular flexibility index (Phi) is 10.8. The van der Waals surface area contributed by atoms with E-state index >= 15 is 0 Å². The van der Waals surface area contributed by atoms with Crippen LogP contribution in [0.3, 0.4) is 0 Å². The Bertz CT molecular complexity index is 1660. The van der Waals surface area contributed by atoms with Gasteiger partial charge in [-0.15, -0.1) is 0 Å². The maximum absolute atomic E-state index is 13.4. The second kappa shape index (κ2) is 14.2. The SMILES string of the molecule is CN(CCc1ccc(C2=NCCN2)cc1)C(=O)c1coc(CN(C2CC2)S(=O)(=O)c2c(Cl)cccc2Cl)n1.O=C(O)C(F)(F)F.